The van der Waals surface area contributed by atoms with Crippen LogP contribution < -0.4 is 14.8 Å². The van der Waals surface area contributed by atoms with Gasteiger partial charge in [0.05, 0.1) is 33.2 Å². The van der Waals surface area contributed by atoms with Gasteiger partial charge in [-0.3, -0.25) is 4.79 Å². The summed E-state index contributed by atoms with van der Waals surface area (Å²) in [6.07, 6.45) is 0.140. The van der Waals surface area contributed by atoms with Crippen LogP contribution in [0.15, 0.2) is 79.2 Å². The van der Waals surface area contributed by atoms with E-state index >= 15 is 0 Å². The Labute approximate surface area is 266 Å². The normalized spacial score (nSPS) is 12.2. The second-order valence-electron chi connectivity index (χ2n) is 9.49. The zero-order valence-electron chi connectivity index (χ0n) is 23.2. The molecule has 0 radical (unpaired) electrons. The number of nitrogens with one attached hydrogen (secondary N) is 1. The number of ether oxygens (including phenoxy) is 2. The summed E-state index contributed by atoms with van der Waals surface area (Å²) in [6.45, 7) is 1.68. The fourth-order valence-corrected chi connectivity index (χ4v) is 5.84. The van der Waals surface area contributed by atoms with Gasteiger partial charge in [-0.05, 0) is 109 Å². The molecular weight excluding hydrogens is 722 g/mol. The van der Waals surface area contributed by atoms with Gasteiger partial charge < -0.3 is 29.6 Å². The summed E-state index contributed by atoms with van der Waals surface area (Å²) < 4.78 is 13.4. The van der Waals surface area contributed by atoms with E-state index in [-0.39, 0.29) is 25.3 Å². The molecule has 2 N–H and O–H groups in total. The average molecular weight is 756 g/mol. The maximum Gasteiger partial charge on any atom is 0.269 e. The SMILES string of the molecule is COc1ccc(C/C(=N\OCc2ccccc2)C(=O)NC[C@H](O)c2cc(Br)c(OCCCN(C)C)c(Br)c2)cc1Br. The van der Waals surface area contributed by atoms with Gasteiger partial charge in [0.2, 0.25) is 0 Å². The molecule has 220 valence electrons. The monoisotopic (exact) mass is 753 g/mol. The molecule has 0 bridgehead atoms. The van der Waals surface area contributed by atoms with Crippen molar-refractivity contribution in [2.75, 3.05) is 40.9 Å². The van der Waals surface area contributed by atoms with Crippen LogP contribution in [0.3, 0.4) is 0 Å². The van der Waals surface area contributed by atoms with Gasteiger partial charge in [0.25, 0.3) is 5.91 Å². The van der Waals surface area contributed by atoms with Crippen LogP contribution in [0.25, 0.3) is 0 Å². The Hall–Kier alpha value is -2.44. The van der Waals surface area contributed by atoms with Gasteiger partial charge in [-0.2, -0.15) is 0 Å². The van der Waals surface area contributed by atoms with Gasteiger partial charge in [-0.1, -0.05) is 41.6 Å². The van der Waals surface area contributed by atoms with E-state index in [1.807, 2.05) is 62.6 Å². The predicted molar refractivity (Wildman–Crippen MR) is 172 cm³/mol. The molecule has 3 aromatic rings. The van der Waals surface area contributed by atoms with Crippen molar-refractivity contribution in [2.45, 2.75) is 25.6 Å². The van der Waals surface area contributed by atoms with E-state index in [0.717, 1.165) is 28.6 Å². The molecule has 0 saturated heterocycles. The summed E-state index contributed by atoms with van der Waals surface area (Å²) >= 11 is 10.6. The molecule has 3 rings (SSSR count). The number of oxime groups is 1. The third-order valence-corrected chi connectivity index (χ3v) is 7.75. The minimum atomic E-state index is -0.962. The average Bonchev–Trinajstić information content (AvgIpc) is 2.94. The zero-order chi connectivity index (χ0) is 29.8. The third kappa shape index (κ3) is 10.7. The van der Waals surface area contributed by atoms with E-state index in [4.69, 9.17) is 14.3 Å². The van der Waals surface area contributed by atoms with Crippen molar-refractivity contribution in [1.82, 2.24) is 10.2 Å². The molecule has 0 unspecified atom stereocenters. The van der Waals surface area contributed by atoms with E-state index in [9.17, 15) is 9.90 Å². The van der Waals surface area contributed by atoms with Gasteiger partial charge >= 0.3 is 0 Å². The lowest BCUT2D eigenvalue weighted by atomic mass is 10.1. The number of amides is 1. The van der Waals surface area contributed by atoms with Crippen molar-refractivity contribution in [3.8, 4) is 11.5 Å². The number of benzene rings is 3. The molecule has 0 heterocycles. The van der Waals surface area contributed by atoms with Crippen molar-refractivity contribution in [3.63, 3.8) is 0 Å². The van der Waals surface area contributed by atoms with Crippen LogP contribution in [-0.2, 0) is 22.7 Å². The van der Waals surface area contributed by atoms with Gasteiger partial charge in [-0.15, -0.1) is 0 Å². The minimum absolute atomic E-state index is 0.0231. The Balaban J connectivity index is 1.67. The number of nitrogens with zero attached hydrogens (tertiary/aromatic N) is 2. The lowest BCUT2D eigenvalue weighted by Gasteiger charge is -2.17. The highest BCUT2D eigenvalue weighted by molar-refractivity contribution is 9.11. The number of methoxy groups -OCH3 is 1. The zero-order valence-corrected chi connectivity index (χ0v) is 28.0. The predicted octanol–water partition coefficient (Wildman–Crippen LogP) is 6.28. The molecule has 0 aliphatic heterocycles. The molecule has 11 heteroatoms. The highest BCUT2D eigenvalue weighted by atomic mass is 79.9. The van der Waals surface area contributed by atoms with Crippen LogP contribution >= 0.6 is 47.8 Å². The highest BCUT2D eigenvalue weighted by Gasteiger charge is 2.19. The second kappa shape index (κ2) is 16.9. The first-order valence-electron chi connectivity index (χ1n) is 13.0. The molecule has 3 aromatic carbocycles. The topological polar surface area (TPSA) is 92.6 Å². The number of hydrogen-bond donors (Lipinski definition) is 2. The Bertz CT molecular complexity index is 1300. The second-order valence-corrected chi connectivity index (χ2v) is 12.1. The molecule has 0 aromatic heterocycles. The molecule has 41 heavy (non-hydrogen) atoms. The first-order chi connectivity index (χ1) is 19.7. The maximum absolute atomic E-state index is 13.2. The van der Waals surface area contributed by atoms with Crippen molar-refractivity contribution < 1.29 is 24.2 Å². The summed E-state index contributed by atoms with van der Waals surface area (Å²) in [4.78, 5) is 20.8. The minimum Gasteiger partial charge on any atom is -0.496 e. The lowest BCUT2D eigenvalue weighted by Crippen LogP contribution is -2.35. The molecule has 0 spiro atoms. The Morgan fingerprint density at radius 3 is 2.34 bits per heavy atom. The van der Waals surface area contributed by atoms with E-state index in [2.05, 4.69) is 63.2 Å². The van der Waals surface area contributed by atoms with Gasteiger partial charge in [0.1, 0.15) is 23.8 Å². The maximum atomic E-state index is 13.2. The fraction of sp³-hybridized carbons (Fsp3) is 0.333. The Morgan fingerprint density at radius 1 is 1.00 bits per heavy atom. The van der Waals surface area contributed by atoms with Crippen LogP contribution in [0.1, 0.15) is 29.2 Å². The molecule has 0 fully saturated rings. The van der Waals surface area contributed by atoms with E-state index in [1.54, 1.807) is 19.2 Å². The molecule has 0 saturated carbocycles. The summed E-state index contributed by atoms with van der Waals surface area (Å²) in [5.41, 5.74) is 2.56. The standard InChI is InChI=1S/C30H34Br3N3O5/c1-36(2)12-7-13-40-29-24(32)16-22(17-25(29)33)27(37)18-34-30(38)26(35-41-19-20-8-5-4-6-9-20)15-21-10-11-28(39-3)23(31)14-21/h4-6,8-11,14,16-17,27,37H,7,12-13,15,18-19H2,1-3H3,(H,34,38)/b35-26+/t27-/m0/s1. The number of carbonyl (C=O) groups excluding carboxylic acids is 1. The van der Waals surface area contributed by atoms with Crippen LogP contribution in [-0.4, -0.2) is 62.5 Å². The van der Waals surface area contributed by atoms with Crippen molar-refractivity contribution in [3.05, 3.63) is 90.8 Å². The number of aliphatic hydroxyl groups excluding tert-OH is 1. The number of rotatable bonds is 15. The summed E-state index contributed by atoms with van der Waals surface area (Å²) in [5.74, 6) is 0.907. The molecule has 1 atom stereocenters. The van der Waals surface area contributed by atoms with Crippen molar-refractivity contribution in [1.29, 1.82) is 0 Å². The Morgan fingerprint density at radius 2 is 1.71 bits per heavy atom. The van der Waals surface area contributed by atoms with Crippen LogP contribution in [0.5, 0.6) is 11.5 Å². The number of carbonyl (C=O) groups is 1. The van der Waals surface area contributed by atoms with Crippen LogP contribution in [0, 0.1) is 0 Å². The summed E-state index contributed by atoms with van der Waals surface area (Å²) in [6, 6.07) is 18.7. The van der Waals surface area contributed by atoms with E-state index in [0.29, 0.717) is 32.6 Å². The van der Waals surface area contributed by atoms with E-state index < -0.39 is 12.0 Å². The molecule has 8 nitrogen and oxygen atoms in total. The van der Waals surface area contributed by atoms with Gasteiger partial charge in [0.15, 0.2) is 0 Å². The smallest absolute Gasteiger partial charge is 0.269 e. The summed E-state index contributed by atoms with van der Waals surface area (Å²) in [5, 5.41) is 17.8. The van der Waals surface area contributed by atoms with Gasteiger partial charge in [0, 0.05) is 19.5 Å². The van der Waals surface area contributed by atoms with E-state index in [1.165, 1.54) is 0 Å². The first kappa shape index (κ1) is 33.1. The number of aliphatic hydroxyl groups is 1. The van der Waals surface area contributed by atoms with Crippen molar-refractivity contribution >= 4 is 59.4 Å². The summed E-state index contributed by atoms with van der Waals surface area (Å²) in [7, 11) is 5.63. The largest absolute Gasteiger partial charge is 0.496 e. The van der Waals surface area contributed by atoms with Crippen molar-refractivity contribution in [2.24, 2.45) is 5.16 Å². The quantitative estimate of drug-likeness (QED) is 0.108. The third-order valence-electron chi connectivity index (χ3n) is 5.96. The molecule has 0 aliphatic rings. The lowest BCUT2D eigenvalue weighted by molar-refractivity contribution is -0.115. The highest BCUT2D eigenvalue weighted by Crippen LogP contribution is 2.36. The Kier molecular flexibility index (Phi) is 13.6. The van der Waals surface area contributed by atoms with Crippen LogP contribution in [0.4, 0.5) is 0 Å². The number of halogens is 3. The fourth-order valence-electron chi connectivity index (χ4n) is 3.80. The number of hydrogen-bond acceptors (Lipinski definition) is 7. The van der Waals surface area contributed by atoms with Gasteiger partial charge in [-0.25, -0.2) is 0 Å². The molecule has 1 amide bonds. The first-order valence-corrected chi connectivity index (χ1v) is 15.3. The molecule has 0 aliphatic carbocycles. The molecular formula is C30H34Br3N3O5. The van der Waals surface area contributed by atoms with Crippen LogP contribution in [0.2, 0.25) is 0 Å².